The third kappa shape index (κ3) is 1.71. The molecule has 94 valence electrons. The Morgan fingerprint density at radius 1 is 1.44 bits per heavy atom. The molecule has 2 aliphatic carbocycles. The highest BCUT2D eigenvalue weighted by Crippen LogP contribution is 2.51. The molecule has 3 atom stereocenters. The van der Waals surface area contributed by atoms with E-state index >= 15 is 0 Å². The molecule has 1 fully saturated rings. The lowest BCUT2D eigenvalue weighted by Crippen LogP contribution is -2.21. The number of terminal acetylenes is 1. The molecule has 2 nitrogen and oxygen atoms in total. The van der Waals surface area contributed by atoms with Crippen molar-refractivity contribution in [2.45, 2.75) is 37.2 Å². The average molecular weight is 242 g/mol. The topological polar surface area (TPSA) is 29.5 Å². The number of hydrogen-bond acceptors (Lipinski definition) is 2. The molecule has 0 heterocycles. The Balaban J connectivity index is 1.97. The van der Waals surface area contributed by atoms with Gasteiger partial charge in [-0.25, -0.2) is 0 Å². The first kappa shape index (κ1) is 11.6. The van der Waals surface area contributed by atoms with Crippen LogP contribution in [0.15, 0.2) is 18.2 Å². The van der Waals surface area contributed by atoms with Crippen LogP contribution in [0.4, 0.5) is 0 Å². The Morgan fingerprint density at radius 3 is 3.00 bits per heavy atom. The van der Waals surface area contributed by atoms with Crippen LogP contribution in [-0.2, 0) is 6.42 Å². The molecule has 0 unspecified atom stereocenters. The SMILES string of the molecule is C#C[C@]1(O)C[C@@H]2CCc3cc(OC)ccc3[C@H]2C1. The van der Waals surface area contributed by atoms with Gasteiger partial charge >= 0.3 is 0 Å². The summed E-state index contributed by atoms with van der Waals surface area (Å²) in [5, 5.41) is 10.3. The van der Waals surface area contributed by atoms with Gasteiger partial charge in [-0.1, -0.05) is 12.0 Å². The highest BCUT2D eigenvalue weighted by atomic mass is 16.5. The van der Waals surface area contributed by atoms with Gasteiger partial charge in [0.25, 0.3) is 0 Å². The summed E-state index contributed by atoms with van der Waals surface area (Å²) in [6, 6.07) is 6.28. The van der Waals surface area contributed by atoms with Crippen LogP contribution in [0.25, 0.3) is 0 Å². The molecule has 1 aromatic carbocycles. The first-order valence-corrected chi connectivity index (χ1v) is 6.52. The van der Waals surface area contributed by atoms with Gasteiger partial charge in [-0.05, 0) is 60.8 Å². The van der Waals surface area contributed by atoms with E-state index in [2.05, 4.69) is 18.1 Å². The molecule has 2 aliphatic rings. The van der Waals surface area contributed by atoms with E-state index in [1.54, 1.807) is 7.11 Å². The Morgan fingerprint density at radius 2 is 2.28 bits per heavy atom. The number of fused-ring (bicyclic) bond motifs is 3. The summed E-state index contributed by atoms with van der Waals surface area (Å²) < 4.78 is 5.27. The normalized spacial score (nSPS) is 33.4. The molecule has 0 spiro atoms. The van der Waals surface area contributed by atoms with Gasteiger partial charge in [0.05, 0.1) is 7.11 Å². The first-order chi connectivity index (χ1) is 8.65. The molecule has 0 aliphatic heterocycles. The summed E-state index contributed by atoms with van der Waals surface area (Å²) in [5.41, 5.74) is 1.83. The fourth-order valence-corrected chi connectivity index (χ4v) is 3.60. The van der Waals surface area contributed by atoms with Crippen molar-refractivity contribution in [2.24, 2.45) is 5.92 Å². The third-order valence-electron chi connectivity index (χ3n) is 4.53. The summed E-state index contributed by atoms with van der Waals surface area (Å²) >= 11 is 0. The Bertz CT molecular complexity index is 514. The Hall–Kier alpha value is -1.46. The van der Waals surface area contributed by atoms with Gasteiger partial charge in [0, 0.05) is 0 Å². The van der Waals surface area contributed by atoms with Crippen molar-refractivity contribution in [1.82, 2.24) is 0 Å². The summed E-state index contributed by atoms with van der Waals surface area (Å²) in [7, 11) is 1.69. The fraction of sp³-hybridized carbons (Fsp3) is 0.500. The number of aliphatic hydroxyl groups is 1. The lowest BCUT2D eigenvalue weighted by molar-refractivity contribution is 0.104. The average Bonchev–Trinajstić information content (AvgIpc) is 2.75. The van der Waals surface area contributed by atoms with E-state index in [4.69, 9.17) is 11.2 Å². The van der Waals surface area contributed by atoms with Gasteiger partial charge in [0.15, 0.2) is 0 Å². The van der Waals surface area contributed by atoms with E-state index in [0.29, 0.717) is 18.3 Å². The van der Waals surface area contributed by atoms with E-state index in [9.17, 15) is 5.11 Å². The van der Waals surface area contributed by atoms with E-state index in [0.717, 1.165) is 25.0 Å². The van der Waals surface area contributed by atoms with Crippen molar-refractivity contribution in [2.75, 3.05) is 7.11 Å². The van der Waals surface area contributed by atoms with Crippen molar-refractivity contribution >= 4 is 0 Å². The second kappa shape index (κ2) is 4.03. The molecule has 0 saturated heterocycles. The number of hydrogen-bond donors (Lipinski definition) is 1. The number of aryl methyl sites for hydroxylation is 1. The minimum atomic E-state index is -0.892. The van der Waals surface area contributed by atoms with Crippen molar-refractivity contribution in [1.29, 1.82) is 0 Å². The molecule has 0 amide bonds. The minimum Gasteiger partial charge on any atom is -0.497 e. The summed E-state index contributed by atoms with van der Waals surface area (Å²) in [4.78, 5) is 0. The highest BCUT2D eigenvalue weighted by Gasteiger charge is 2.45. The Kier molecular flexibility index (Phi) is 2.60. The highest BCUT2D eigenvalue weighted by molar-refractivity contribution is 5.41. The second-order valence-corrected chi connectivity index (χ2v) is 5.55. The van der Waals surface area contributed by atoms with Crippen LogP contribution < -0.4 is 4.74 Å². The van der Waals surface area contributed by atoms with Crippen LogP contribution in [0.1, 0.15) is 36.3 Å². The first-order valence-electron chi connectivity index (χ1n) is 6.52. The Labute approximate surface area is 108 Å². The maximum absolute atomic E-state index is 10.3. The predicted octanol–water partition coefficient (Wildman–Crippen LogP) is 2.50. The standard InChI is InChI=1S/C16H18O2/c1-3-16(17)9-12-5-4-11-8-13(18-2)6-7-14(11)15(12)10-16/h1,6-8,12,15,17H,4-5,9-10H2,2H3/t12-,15-,16-/m0/s1. The molecule has 0 aromatic heterocycles. The van der Waals surface area contributed by atoms with Gasteiger partial charge in [-0.15, -0.1) is 6.42 Å². The summed E-state index contributed by atoms with van der Waals surface area (Å²) in [6.07, 6.45) is 9.10. The zero-order chi connectivity index (χ0) is 12.8. The zero-order valence-electron chi connectivity index (χ0n) is 10.6. The second-order valence-electron chi connectivity index (χ2n) is 5.55. The van der Waals surface area contributed by atoms with Crippen molar-refractivity contribution < 1.29 is 9.84 Å². The molecule has 2 heteroatoms. The largest absolute Gasteiger partial charge is 0.497 e. The van der Waals surface area contributed by atoms with Crippen molar-refractivity contribution in [3.8, 4) is 18.1 Å². The summed E-state index contributed by atoms with van der Waals surface area (Å²) in [6.45, 7) is 0. The lowest BCUT2D eigenvalue weighted by Gasteiger charge is -2.28. The molecule has 3 rings (SSSR count). The lowest BCUT2D eigenvalue weighted by atomic mass is 9.77. The zero-order valence-corrected chi connectivity index (χ0v) is 10.6. The van der Waals surface area contributed by atoms with Crippen LogP contribution in [0.3, 0.4) is 0 Å². The van der Waals surface area contributed by atoms with Crippen molar-refractivity contribution in [3.63, 3.8) is 0 Å². The molecule has 1 N–H and O–H groups in total. The van der Waals surface area contributed by atoms with Gasteiger partial charge in [-0.3, -0.25) is 0 Å². The van der Waals surface area contributed by atoms with Crippen LogP contribution in [0.2, 0.25) is 0 Å². The van der Waals surface area contributed by atoms with Gasteiger partial charge in [0.2, 0.25) is 0 Å². The number of rotatable bonds is 1. The van der Waals surface area contributed by atoms with E-state index in [1.807, 2.05) is 6.07 Å². The number of ether oxygens (including phenoxy) is 1. The number of methoxy groups -OCH3 is 1. The fourth-order valence-electron chi connectivity index (χ4n) is 3.60. The van der Waals surface area contributed by atoms with Crippen LogP contribution in [0.5, 0.6) is 5.75 Å². The molecule has 0 radical (unpaired) electrons. The van der Waals surface area contributed by atoms with E-state index in [-0.39, 0.29) is 0 Å². The molecular weight excluding hydrogens is 224 g/mol. The monoisotopic (exact) mass is 242 g/mol. The maximum atomic E-state index is 10.3. The molecule has 1 saturated carbocycles. The van der Waals surface area contributed by atoms with E-state index in [1.165, 1.54) is 11.1 Å². The molecule has 1 aromatic rings. The molecule has 18 heavy (non-hydrogen) atoms. The molecular formula is C16H18O2. The van der Waals surface area contributed by atoms with Crippen molar-refractivity contribution in [3.05, 3.63) is 29.3 Å². The van der Waals surface area contributed by atoms with Gasteiger partial charge in [0.1, 0.15) is 11.4 Å². The quantitative estimate of drug-likeness (QED) is 0.767. The minimum absolute atomic E-state index is 0.417. The molecule has 0 bridgehead atoms. The number of benzene rings is 1. The maximum Gasteiger partial charge on any atom is 0.126 e. The third-order valence-corrected chi connectivity index (χ3v) is 4.53. The predicted molar refractivity (Wildman–Crippen MR) is 70.6 cm³/mol. The summed E-state index contributed by atoms with van der Waals surface area (Å²) in [5.74, 6) is 4.45. The van der Waals surface area contributed by atoms with Crippen LogP contribution in [-0.4, -0.2) is 17.8 Å². The van der Waals surface area contributed by atoms with E-state index < -0.39 is 5.60 Å². The van der Waals surface area contributed by atoms with Crippen LogP contribution >= 0.6 is 0 Å². The van der Waals surface area contributed by atoms with Gasteiger partial charge in [-0.2, -0.15) is 0 Å². The van der Waals surface area contributed by atoms with Crippen LogP contribution in [0, 0.1) is 18.3 Å². The van der Waals surface area contributed by atoms with Gasteiger partial charge < -0.3 is 9.84 Å². The smallest absolute Gasteiger partial charge is 0.126 e.